The lowest BCUT2D eigenvalue weighted by Gasteiger charge is -2.26. The monoisotopic (exact) mass is 1950 g/mol. The second-order valence-electron chi connectivity index (χ2n) is 40.2. The van der Waals surface area contributed by atoms with Crippen molar-refractivity contribution in [3.63, 3.8) is 0 Å². The van der Waals surface area contributed by atoms with E-state index >= 15 is 0 Å². The van der Waals surface area contributed by atoms with Gasteiger partial charge in [-0.15, -0.1) is 0 Å². The van der Waals surface area contributed by atoms with Gasteiger partial charge in [-0.1, -0.05) is 152 Å². The third-order valence-electron chi connectivity index (χ3n) is 30.0. The maximum Gasteiger partial charge on any atom is 0.284 e. The topological polar surface area (TPSA) is 222 Å². The Morgan fingerprint density at radius 2 is 0.530 bits per heavy atom. The Morgan fingerprint density at radius 1 is 0.235 bits per heavy atom. The summed E-state index contributed by atoms with van der Waals surface area (Å²) in [7, 11) is 0. The minimum Gasteiger partial charge on any atom is -0.282 e. The van der Waals surface area contributed by atoms with Crippen LogP contribution in [0.4, 0.5) is 5.95 Å². The van der Waals surface area contributed by atoms with Gasteiger partial charge < -0.3 is 0 Å². The van der Waals surface area contributed by atoms with Crippen LogP contribution in [-0.4, -0.2) is 90.2 Å². The molecule has 1 amide bonds. The highest BCUT2D eigenvalue weighted by Crippen LogP contribution is 2.39. The van der Waals surface area contributed by atoms with Crippen LogP contribution in [0, 0.1) is 145 Å². The zero-order chi connectivity index (χ0) is 104. The first kappa shape index (κ1) is 97.2. The van der Waals surface area contributed by atoms with Gasteiger partial charge in [-0.2, -0.15) is 20.4 Å². The predicted octanol–water partition coefficient (Wildman–Crippen LogP) is 27.3. The van der Waals surface area contributed by atoms with Crippen LogP contribution in [0.2, 0.25) is 0 Å². The van der Waals surface area contributed by atoms with E-state index in [0.29, 0.717) is 52.9 Å². The van der Waals surface area contributed by atoms with Crippen LogP contribution in [0.5, 0.6) is 0 Å². The molecule has 0 radical (unpaired) electrons. The molecule has 11 heterocycles. The number of amides is 1. The van der Waals surface area contributed by atoms with E-state index in [0.717, 1.165) is 172 Å². The minimum atomic E-state index is -0.207. The first-order chi connectivity index (χ1) is 71.7. The largest absolute Gasteiger partial charge is 0.284 e. The van der Waals surface area contributed by atoms with Gasteiger partial charge in [-0.25, -0.2) is 43.6 Å². The fraction of sp³-hybridized carbons (Fsp3) is 0.180. The molecule has 0 saturated carbocycles. The number of hydrogen-bond acceptors (Lipinski definition) is 13. The fourth-order valence-corrected chi connectivity index (χ4v) is 21.0. The van der Waals surface area contributed by atoms with Crippen molar-refractivity contribution in [3.8, 4) is 84.7 Å². The summed E-state index contributed by atoms with van der Waals surface area (Å²) in [4.78, 5) is 80.3. The van der Waals surface area contributed by atoms with E-state index in [-0.39, 0.29) is 22.6 Å². The maximum absolute atomic E-state index is 14.1. The third kappa shape index (κ3) is 17.9. The molecule has 1 aliphatic rings. The molecule has 0 N–H and O–H groups in total. The molecular weight excluding hydrogens is 1840 g/mol. The van der Waals surface area contributed by atoms with Gasteiger partial charge in [0.15, 0.2) is 0 Å². The molecule has 10 aromatic heterocycles. The Hall–Kier alpha value is -17.9. The van der Waals surface area contributed by atoms with Gasteiger partial charge in [0.05, 0.1) is 51.2 Å². The van der Waals surface area contributed by atoms with E-state index in [1.165, 1.54) is 87.3 Å². The Kier molecular flexibility index (Phi) is 25.4. The van der Waals surface area contributed by atoms with Crippen LogP contribution in [0.1, 0.15) is 133 Å². The van der Waals surface area contributed by atoms with Crippen LogP contribution in [0.25, 0.3) is 161 Å². The summed E-state index contributed by atoms with van der Waals surface area (Å²) in [5.74, 6) is 1.21. The molecule has 1 aliphatic heterocycles. The SMILES string of the molecule is Cc1cc2cc(C)c(-n3nc(C)c4c3C(=O)N(c3ncc(-c5ccccc5C)cn3)CC4)cc2cc1C.Cc1cc2cc(C)c(-n3nc(C)c4ccn(-c5ccc(-c6ccccc6C)cc5C)c(=O)c43)cc2cc1C.Cc1cc2cc(C)c(-n3nc(C)c4ccn(-c5ccc(-c6ccccc6C)cn5)c(=O)c43)cc2cc1C.Cc1cc2cc(C)c(-n3nc(C)c4ccn(-c5ncc(-c6ccccc6C)cn5)c(=O)c43)cc2cc1C. The Bertz CT molecular complexity index is 9360. The van der Waals surface area contributed by atoms with Crippen LogP contribution in [0.15, 0.2) is 307 Å². The van der Waals surface area contributed by atoms with Crippen molar-refractivity contribution >= 4 is 87.7 Å². The van der Waals surface area contributed by atoms with E-state index in [2.05, 4.69) is 306 Å². The van der Waals surface area contributed by atoms with E-state index in [1.54, 1.807) is 60.6 Å². The summed E-state index contributed by atoms with van der Waals surface area (Å²) >= 11 is 0. The normalized spacial score (nSPS) is 12.0. The molecule has 0 aliphatic carbocycles. The second-order valence-corrected chi connectivity index (χ2v) is 40.2. The highest BCUT2D eigenvalue weighted by atomic mass is 16.2. The zero-order valence-corrected chi connectivity index (χ0v) is 87.9. The van der Waals surface area contributed by atoms with Crippen LogP contribution in [-0.2, 0) is 6.42 Å². The van der Waals surface area contributed by atoms with Gasteiger partial charge >= 0.3 is 0 Å². The quantitative estimate of drug-likeness (QED) is 0.111. The van der Waals surface area contributed by atoms with E-state index in [1.807, 2.05) is 128 Å². The summed E-state index contributed by atoms with van der Waals surface area (Å²) in [6.07, 6.45) is 15.1. The van der Waals surface area contributed by atoms with E-state index < -0.39 is 0 Å². The van der Waals surface area contributed by atoms with Crippen LogP contribution >= 0.6 is 0 Å². The van der Waals surface area contributed by atoms with E-state index in [4.69, 9.17) is 20.4 Å². The molecule has 0 fully saturated rings. The fourth-order valence-electron chi connectivity index (χ4n) is 21.0. The molecule has 13 aromatic carbocycles. The number of fused-ring (bicyclic) bond motifs is 8. The van der Waals surface area contributed by atoms with Crippen molar-refractivity contribution in [1.29, 1.82) is 0 Å². The van der Waals surface area contributed by atoms with E-state index in [9.17, 15) is 19.2 Å². The number of anilines is 1. The highest BCUT2D eigenvalue weighted by Gasteiger charge is 2.35. The molecular formula is C128H115N17O4. The molecule has 21 heteroatoms. The number of pyridine rings is 4. The van der Waals surface area contributed by atoms with Crippen molar-refractivity contribution < 1.29 is 4.79 Å². The molecule has 0 atom stereocenters. The molecule has 0 spiro atoms. The summed E-state index contributed by atoms with van der Waals surface area (Å²) in [6, 6.07) is 83.9. The van der Waals surface area contributed by atoms with Gasteiger partial charge in [0.2, 0.25) is 11.9 Å². The summed E-state index contributed by atoms with van der Waals surface area (Å²) in [6.45, 7) is 44.1. The van der Waals surface area contributed by atoms with Crippen molar-refractivity contribution in [2.24, 2.45) is 0 Å². The lowest BCUT2D eigenvalue weighted by Crippen LogP contribution is -2.40. The highest BCUT2D eigenvalue weighted by molar-refractivity contribution is 6.07. The van der Waals surface area contributed by atoms with Crippen LogP contribution in [0.3, 0.4) is 0 Å². The second kappa shape index (κ2) is 38.9. The number of carbonyl (C=O) groups is 1. The molecule has 0 unspecified atom stereocenters. The van der Waals surface area contributed by atoms with Gasteiger partial charge in [0.1, 0.15) is 28.1 Å². The van der Waals surface area contributed by atoms with Crippen molar-refractivity contribution in [2.75, 3.05) is 11.4 Å². The summed E-state index contributed by atoms with van der Waals surface area (Å²) in [5.41, 5.74) is 39.3. The number of hydrogen-bond donors (Lipinski definition) is 0. The minimum absolute atomic E-state index is 0.0746. The van der Waals surface area contributed by atoms with Crippen molar-refractivity contribution in [3.05, 3.63) is 452 Å². The van der Waals surface area contributed by atoms with Crippen LogP contribution < -0.4 is 21.6 Å². The average Bonchev–Trinajstić information content (AvgIpc) is 1.62. The molecule has 0 bridgehead atoms. The smallest absolute Gasteiger partial charge is 0.282 e. The Balaban J connectivity index is 0.000000116. The molecule has 24 rings (SSSR count). The first-order valence-corrected chi connectivity index (χ1v) is 50.4. The average molecular weight is 1960 g/mol. The van der Waals surface area contributed by atoms with Gasteiger partial charge in [-0.05, 0) is 408 Å². The lowest BCUT2D eigenvalue weighted by molar-refractivity contribution is 0.0971. The number of nitrogens with zero attached hydrogens (tertiary/aromatic N) is 17. The van der Waals surface area contributed by atoms with Crippen molar-refractivity contribution in [1.82, 2.24) is 77.7 Å². The van der Waals surface area contributed by atoms with Crippen molar-refractivity contribution in [2.45, 2.75) is 152 Å². The van der Waals surface area contributed by atoms with Gasteiger partial charge in [-0.3, -0.25) is 37.8 Å². The Labute approximate surface area is 864 Å². The Morgan fingerprint density at radius 3 is 0.899 bits per heavy atom. The number of rotatable bonds is 12. The third-order valence-corrected chi connectivity index (χ3v) is 30.0. The summed E-state index contributed by atoms with van der Waals surface area (Å²) in [5, 5.41) is 31.1. The standard InChI is InChI=1S/C34H31N3O.C32H28N4O.C31H29N5O.C31H27N5O/c1-20-9-7-8-10-29(20)26-11-12-31(23(4)17-26)36-14-13-30-25(6)35-37(33(30)34(36)38)32-19-28-16-22(3)21(2)15-27(28)18-24(32)5;1-19-8-6-7-9-27(19)24-10-11-30(33-18-24)35-13-12-28-23(5)34-36(31(28)32(35)37)29-17-26-15-21(3)20(2)14-25(26)16-22(29)4;2*1-18-8-6-7-9-26(18)25-16-32-31(33-17-25)35-11-10-27-22(5)34-36(29(27)30(35)37)28-15-24-13-20(3)19(2)12-23(24)14-21(28)4/h7-19H,1-6H3;6-18H,1-5H3;6-9,12-17H,10-11H2,1-5H3;6-17H,1-5H3. The number of aromatic nitrogens is 16. The molecule has 149 heavy (non-hydrogen) atoms. The molecule has 21 nitrogen and oxygen atoms in total. The maximum atomic E-state index is 14.1. The molecule has 0 saturated heterocycles. The number of benzene rings is 13. The first-order valence-electron chi connectivity index (χ1n) is 50.4. The van der Waals surface area contributed by atoms with Gasteiger partial charge in [0.25, 0.3) is 22.6 Å². The molecule has 736 valence electrons. The zero-order valence-electron chi connectivity index (χ0n) is 87.9. The number of carbonyl (C=O) groups excluding carboxylic acids is 1. The predicted molar refractivity (Wildman–Crippen MR) is 606 cm³/mol. The van der Waals surface area contributed by atoms with Gasteiger partial charge in [0, 0.05) is 94.5 Å². The number of aryl methyl sites for hydroxylation is 21. The lowest BCUT2D eigenvalue weighted by atomic mass is 9.98. The summed E-state index contributed by atoms with van der Waals surface area (Å²) < 4.78 is 12.1. The molecule has 23 aromatic rings.